The number of halogens is 3. The van der Waals surface area contributed by atoms with E-state index in [2.05, 4.69) is 10.6 Å². The average molecular weight is 258 g/mol. The van der Waals surface area contributed by atoms with Gasteiger partial charge in [0.15, 0.2) is 11.6 Å². The molecule has 0 aromatic heterocycles. The smallest absolute Gasteiger partial charge is 0.229 e. The summed E-state index contributed by atoms with van der Waals surface area (Å²) in [5, 5.41) is 4.50. The Morgan fingerprint density at radius 3 is 2.67 bits per heavy atom. The van der Waals surface area contributed by atoms with Crippen LogP contribution < -0.4 is 10.6 Å². The first-order valence-electron chi connectivity index (χ1n) is 5.19. The third-order valence-corrected chi connectivity index (χ3v) is 2.60. The Hall–Kier alpha value is -2.05. The summed E-state index contributed by atoms with van der Waals surface area (Å²) in [6, 6.07) is 1.06. The van der Waals surface area contributed by atoms with Crippen molar-refractivity contribution in [3.63, 3.8) is 0 Å². The number of hydrogen-bond acceptors (Lipinski definition) is 2. The van der Waals surface area contributed by atoms with Crippen LogP contribution in [0.4, 0.5) is 18.9 Å². The Balaban J connectivity index is 2.14. The van der Waals surface area contributed by atoms with Gasteiger partial charge in [-0.3, -0.25) is 9.59 Å². The van der Waals surface area contributed by atoms with Crippen LogP contribution in [0, 0.1) is 23.4 Å². The molecular weight excluding hydrogens is 249 g/mol. The van der Waals surface area contributed by atoms with Crippen LogP contribution in [0.3, 0.4) is 0 Å². The molecule has 1 atom stereocenters. The monoisotopic (exact) mass is 258 g/mol. The summed E-state index contributed by atoms with van der Waals surface area (Å²) in [7, 11) is 0. The molecular formula is C11H9F3N2O2. The van der Waals surface area contributed by atoms with E-state index in [-0.39, 0.29) is 18.9 Å². The van der Waals surface area contributed by atoms with Crippen molar-refractivity contribution < 1.29 is 22.8 Å². The van der Waals surface area contributed by atoms with E-state index < -0.39 is 35.0 Å². The van der Waals surface area contributed by atoms with Gasteiger partial charge in [-0.1, -0.05) is 0 Å². The molecule has 1 aromatic rings. The molecule has 1 aromatic carbocycles. The number of hydrogen-bond donors (Lipinski definition) is 2. The Labute approximate surface area is 100 Å². The van der Waals surface area contributed by atoms with Crippen molar-refractivity contribution in [3.8, 4) is 0 Å². The van der Waals surface area contributed by atoms with Crippen LogP contribution in [-0.4, -0.2) is 18.4 Å². The third-order valence-electron chi connectivity index (χ3n) is 2.60. The van der Waals surface area contributed by atoms with Crippen molar-refractivity contribution in [1.29, 1.82) is 0 Å². The lowest BCUT2D eigenvalue weighted by Gasteiger charge is -2.10. The molecule has 1 fully saturated rings. The molecule has 0 bridgehead atoms. The van der Waals surface area contributed by atoms with Crippen molar-refractivity contribution >= 4 is 17.5 Å². The van der Waals surface area contributed by atoms with E-state index in [4.69, 9.17) is 0 Å². The molecule has 1 aliphatic heterocycles. The molecule has 4 nitrogen and oxygen atoms in total. The molecule has 96 valence electrons. The predicted molar refractivity (Wildman–Crippen MR) is 56.1 cm³/mol. The summed E-state index contributed by atoms with van der Waals surface area (Å²) in [5.41, 5.74) is -0.572. The molecule has 1 saturated heterocycles. The zero-order chi connectivity index (χ0) is 13.3. The van der Waals surface area contributed by atoms with Crippen LogP contribution in [0.25, 0.3) is 0 Å². The second-order valence-corrected chi connectivity index (χ2v) is 3.94. The fraction of sp³-hybridized carbons (Fsp3) is 0.273. The number of carbonyl (C=O) groups excluding carboxylic acids is 2. The summed E-state index contributed by atoms with van der Waals surface area (Å²) >= 11 is 0. The largest absolute Gasteiger partial charge is 0.355 e. The van der Waals surface area contributed by atoms with Crippen LogP contribution in [0.1, 0.15) is 6.42 Å². The number of benzene rings is 1. The van der Waals surface area contributed by atoms with Gasteiger partial charge >= 0.3 is 0 Å². The lowest BCUT2D eigenvalue weighted by atomic mass is 10.1. The topological polar surface area (TPSA) is 58.2 Å². The van der Waals surface area contributed by atoms with Crippen LogP contribution in [0.2, 0.25) is 0 Å². The highest BCUT2D eigenvalue weighted by Crippen LogP contribution is 2.20. The zero-order valence-corrected chi connectivity index (χ0v) is 9.10. The lowest BCUT2D eigenvalue weighted by molar-refractivity contribution is -0.123. The minimum Gasteiger partial charge on any atom is -0.355 e. The summed E-state index contributed by atoms with van der Waals surface area (Å²) in [4.78, 5) is 22.5. The fourth-order valence-electron chi connectivity index (χ4n) is 1.67. The van der Waals surface area contributed by atoms with Crippen LogP contribution in [-0.2, 0) is 9.59 Å². The highest BCUT2D eigenvalue weighted by atomic mass is 19.2. The Morgan fingerprint density at radius 2 is 2.06 bits per heavy atom. The SMILES string of the molecule is O=C1CC(C(=O)Nc2cc(F)cc(F)c2F)CN1. The van der Waals surface area contributed by atoms with E-state index in [1.54, 1.807) is 0 Å². The van der Waals surface area contributed by atoms with Crippen molar-refractivity contribution in [3.05, 3.63) is 29.6 Å². The second kappa shape index (κ2) is 4.67. The van der Waals surface area contributed by atoms with Gasteiger partial charge < -0.3 is 10.6 Å². The van der Waals surface area contributed by atoms with Crippen molar-refractivity contribution in [2.45, 2.75) is 6.42 Å². The van der Waals surface area contributed by atoms with Gasteiger partial charge in [0.1, 0.15) is 5.82 Å². The van der Waals surface area contributed by atoms with E-state index in [9.17, 15) is 22.8 Å². The normalized spacial score (nSPS) is 18.6. The van der Waals surface area contributed by atoms with Crippen LogP contribution in [0.5, 0.6) is 0 Å². The highest BCUT2D eigenvalue weighted by Gasteiger charge is 2.28. The molecule has 2 rings (SSSR count). The zero-order valence-electron chi connectivity index (χ0n) is 9.10. The van der Waals surface area contributed by atoms with Gasteiger partial charge in [-0.2, -0.15) is 0 Å². The minimum absolute atomic E-state index is 0.0226. The molecule has 0 spiro atoms. The van der Waals surface area contributed by atoms with Crippen LogP contribution >= 0.6 is 0 Å². The van der Waals surface area contributed by atoms with Gasteiger partial charge in [0, 0.05) is 25.1 Å². The number of carbonyl (C=O) groups is 2. The molecule has 7 heteroatoms. The van der Waals surface area contributed by atoms with Crippen molar-refractivity contribution in [2.75, 3.05) is 11.9 Å². The summed E-state index contributed by atoms with van der Waals surface area (Å²) in [6.07, 6.45) is -0.0226. The van der Waals surface area contributed by atoms with Crippen molar-refractivity contribution in [2.24, 2.45) is 5.92 Å². The lowest BCUT2D eigenvalue weighted by Crippen LogP contribution is -2.25. The highest BCUT2D eigenvalue weighted by molar-refractivity contribution is 5.97. The van der Waals surface area contributed by atoms with E-state index in [0.29, 0.717) is 12.1 Å². The third kappa shape index (κ3) is 2.44. The van der Waals surface area contributed by atoms with Crippen LogP contribution in [0.15, 0.2) is 12.1 Å². The van der Waals surface area contributed by atoms with E-state index in [0.717, 1.165) is 0 Å². The summed E-state index contributed by atoms with van der Waals surface area (Å²) in [5.74, 6) is -5.32. The maximum absolute atomic E-state index is 13.3. The van der Waals surface area contributed by atoms with E-state index >= 15 is 0 Å². The average Bonchev–Trinajstić information content (AvgIpc) is 2.72. The van der Waals surface area contributed by atoms with Gasteiger partial charge in [-0.25, -0.2) is 13.2 Å². The molecule has 2 amide bonds. The Bertz CT molecular complexity index is 519. The van der Waals surface area contributed by atoms with E-state index in [1.807, 2.05) is 0 Å². The molecule has 1 aliphatic rings. The Morgan fingerprint density at radius 1 is 1.33 bits per heavy atom. The number of nitrogens with one attached hydrogen (secondary N) is 2. The molecule has 0 saturated carbocycles. The molecule has 18 heavy (non-hydrogen) atoms. The predicted octanol–water partition coefficient (Wildman–Crippen LogP) is 1.18. The molecule has 0 aliphatic carbocycles. The first-order valence-corrected chi connectivity index (χ1v) is 5.19. The van der Waals surface area contributed by atoms with Gasteiger partial charge in [0.25, 0.3) is 0 Å². The number of anilines is 1. The molecule has 1 unspecified atom stereocenters. The number of rotatable bonds is 2. The van der Waals surface area contributed by atoms with Gasteiger partial charge in [-0.15, -0.1) is 0 Å². The molecule has 1 heterocycles. The molecule has 0 radical (unpaired) electrons. The summed E-state index contributed by atoms with van der Waals surface area (Å²) < 4.78 is 39.0. The summed E-state index contributed by atoms with van der Waals surface area (Å²) in [6.45, 7) is 0.129. The maximum Gasteiger partial charge on any atom is 0.229 e. The standard InChI is InChI=1S/C11H9F3N2O2/c12-6-2-7(13)10(14)8(3-6)16-11(18)5-1-9(17)15-4-5/h2-3,5H,1,4H2,(H,15,17)(H,16,18). The van der Waals surface area contributed by atoms with Gasteiger partial charge in [-0.05, 0) is 0 Å². The van der Waals surface area contributed by atoms with E-state index in [1.165, 1.54) is 0 Å². The van der Waals surface area contributed by atoms with Gasteiger partial charge in [0.2, 0.25) is 11.8 Å². The fourth-order valence-corrected chi connectivity index (χ4v) is 1.67. The first-order chi connectivity index (χ1) is 8.47. The first kappa shape index (κ1) is 12.4. The van der Waals surface area contributed by atoms with Crippen molar-refractivity contribution in [1.82, 2.24) is 5.32 Å². The number of amides is 2. The maximum atomic E-state index is 13.3. The van der Waals surface area contributed by atoms with Gasteiger partial charge in [0.05, 0.1) is 11.6 Å². The second-order valence-electron chi connectivity index (χ2n) is 3.94. The minimum atomic E-state index is -1.38. The quantitative estimate of drug-likeness (QED) is 0.782. The molecule has 2 N–H and O–H groups in total. The Kier molecular flexibility index (Phi) is 3.22.